The van der Waals surface area contributed by atoms with Crippen molar-refractivity contribution in [3.8, 4) is 17.4 Å². The van der Waals surface area contributed by atoms with Gasteiger partial charge in [-0.05, 0) is 38.1 Å². The van der Waals surface area contributed by atoms with Crippen molar-refractivity contribution in [3.05, 3.63) is 65.9 Å². The average Bonchev–Trinajstić information content (AvgIpc) is 3.00. The largest absolute Gasteiger partial charge is 0.436 e. The number of hydrogen-bond donors (Lipinski definition) is 1. The molecule has 0 fully saturated rings. The van der Waals surface area contributed by atoms with Gasteiger partial charge in [-0.3, -0.25) is 0 Å². The van der Waals surface area contributed by atoms with Crippen LogP contribution < -0.4 is 9.47 Å². The number of nitrogens with zero attached hydrogens (tertiary/aromatic N) is 3. The highest BCUT2D eigenvalue weighted by Crippen LogP contribution is 2.19. The second-order valence-corrected chi connectivity index (χ2v) is 5.14. The second-order valence-electron chi connectivity index (χ2n) is 5.14. The molecule has 0 unspecified atom stereocenters. The first-order chi connectivity index (χ1) is 11.1. The lowest BCUT2D eigenvalue weighted by Crippen LogP contribution is -2.18. The highest BCUT2D eigenvalue weighted by molar-refractivity contribution is 5.74. The number of aromatic nitrogens is 3. The number of nitrogens with one attached hydrogen (secondary N) is 1. The highest BCUT2D eigenvalue weighted by atomic mass is 16.5. The van der Waals surface area contributed by atoms with Crippen molar-refractivity contribution < 1.29 is 9.47 Å². The van der Waals surface area contributed by atoms with Gasteiger partial charge in [-0.1, -0.05) is 45.7 Å². The van der Waals surface area contributed by atoms with Gasteiger partial charge in [0.25, 0.3) is 5.88 Å². The number of ether oxygens (including phenoxy) is 2. The van der Waals surface area contributed by atoms with E-state index in [2.05, 4.69) is 10.3 Å². The fourth-order valence-corrected chi connectivity index (χ4v) is 1.89. The third kappa shape index (κ3) is 3.74. The molecule has 0 spiro atoms. The first kappa shape index (κ1) is 14.8. The number of aryl methyl sites for hydroxylation is 2. The van der Waals surface area contributed by atoms with Gasteiger partial charge in [0.1, 0.15) is 17.7 Å². The molecule has 0 aliphatic carbocycles. The lowest BCUT2D eigenvalue weighted by Gasteiger charge is -2.05. The summed E-state index contributed by atoms with van der Waals surface area (Å²) >= 11 is 0. The Kier molecular flexibility index (Phi) is 4.05. The lowest BCUT2D eigenvalue weighted by atomic mass is 10.2. The maximum Gasteiger partial charge on any atom is 0.317 e. The fourth-order valence-electron chi connectivity index (χ4n) is 1.89. The van der Waals surface area contributed by atoms with Gasteiger partial charge in [0.05, 0.1) is 0 Å². The van der Waals surface area contributed by atoms with Gasteiger partial charge in [0.2, 0.25) is 0 Å². The third-order valence-corrected chi connectivity index (χ3v) is 3.16. The molecule has 3 aromatic rings. The van der Waals surface area contributed by atoms with Crippen molar-refractivity contribution in [1.82, 2.24) is 15.0 Å². The SMILES string of the molecule is Cc1ccc(OC(=N)n2cc(Oc3ccc(C)cc3)nn2)cc1. The summed E-state index contributed by atoms with van der Waals surface area (Å²) < 4.78 is 12.2. The summed E-state index contributed by atoms with van der Waals surface area (Å²) in [6, 6.07) is 14.9. The Balaban J connectivity index is 1.67. The molecule has 0 aliphatic heterocycles. The Labute approximate surface area is 133 Å². The van der Waals surface area contributed by atoms with Crippen LogP contribution >= 0.6 is 0 Å². The minimum Gasteiger partial charge on any atom is -0.436 e. The van der Waals surface area contributed by atoms with Crippen molar-refractivity contribution in [2.45, 2.75) is 13.8 Å². The summed E-state index contributed by atoms with van der Waals surface area (Å²) in [7, 11) is 0. The molecular formula is C17H16N4O2. The molecule has 0 aliphatic rings. The Morgan fingerprint density at radius 2 is 1.48 bits per heavy atom. The van der Waals surface area contributed by atoms with Gasteiger partial charge >= 0.3 is 6.02 Å². The summed E-state index contributed by atoms with van der Waals surface area (Å²) in [6.07, 6.45) is 1.50. The number of rotatable bonds is 3. The molecule has 2 aromatic carbocycles. The molecule has 3 rings (SSSR count). The van der Waals surface area contributed by atoms with Crippen molar-refractivity contribution in [1.29, 1.82) is 5.41 Å². The van der Waals surface area contributed by atoms with Crippen LogP contribution in [-0.2, 0) is 0 Å². The molecule has 0 amide bonds. The van der Waals surface area contributed by atoms with E-state index in [-0.39, 0.29) is 6.02 Å². The zero-order valence-corrected chi connectivity index (χ0v) is 12.9. The molecule has 0 atom stereocenters. The van der Waals surface area contributed by atoms with E-state index in [1.807, 2.05) is 50.2 Å². The predicted octanol–water partition coefficient (Wildman–Crippen LogP) is 3.55. The molecule has 23 heavy (non-hydrogen) atoms. The van der Waals surface area contributed by atoms with E-state index in [1.54, 1.807) is 12.1 Å². The Morgan fingerprint density at radius 1 is 0.913 bits per heavy atom. The molecule has 6 nitrogen and oxygen atoms in total. The fraction of sp³-hybridized carbons (Fsp3) is 0.118. The summed E-state index contributed by atoms with van der Waals surface area (Å²) in [6.45, 7) is 3.99. The summed E-state index contributed by atoms with van der Waals surface area (Å²) in [4.78, 5) is 0. The van der Waals surface area contributed by atoms with E-state index < -0.39 is 0 Å². The first-order valence-electron chi connectivity index (χ1n) is 7.10. The standard InChI is InChI=1S/C17H16N4O2/c1-12-3-7-14(8-4-12)22-16-11-21(20-19-16)17(18)23-15-9-5-13(2)6-10-15/h3-11,18H,1-2H3. The van der Waals surface area contributed by atoms with Crippen molar-refractivity contribution >= 4 is 6.02 Å². The molecule has 1 aromatic heterocycles. The van der Waals surface area contributed by atoms with Crippen molar-refractivity contribution in [2.24, 2.45) is 0 Å². The summed E-state index contributed by atoms with van der Waals surface area (Å²) in [5.41, 5.74) is 2.27. The molecular weight excluding hydrogens is 292 g/mol. The van der Waals surface area contributed by atoms with Crippen LogP contribution in [0.25, 0.3) is 0 Å². The van der Waals surface area contributed by atoms with E-state index >= 15 is 0 Å². The van der Waals surface area contributed by atoms with Gasteiger partial charge in [0.15, 0.2) is 0 Å². The van der Waals surface area contributed by atoms with Gasteiger partial charge in [-0.2, -0.15) is 4.68 Å². The van der Waals surface area contributed by atoms with Crippen LogP contribution in [0.4, 0.5) is 0 Å². The lowest BCUT2D eigenvalue weighted by molar-refractivity contribution is 0.461. The van der Waals surface area contributed by atoms with Crippen LogP contribution in [0.1, 0.15) is 11.1 Å². The van der Waals surface area contributed by atoms with Crippen LogP contribution in [0.5, 0.6) is 17.4 Å². The normalized spacial score (nSPS) is 10.3. The van der Waals surface area contributed by atoms with Crippen LogP contribution in [0.2, 0.25) is 0 Å². The molecule has 0 bridgehead atoms. The second kappa shape index (κ2) is 6.31. The monoisotopic (exact) mass is 308 g/mol. The quantitative estimate of drug-likeness (QED) is 0.593. The Hall–Kier alpha value is -3.15. The maximum atomic E-state index is 7.92. The minimum absolute atomic E-state index is 0.153. The first-order valence-corrected chi connectivity index (χ1v) is 7.10. The highest BCUT2D eigenvalue weighted by Gasteiger charge is 2.09. The molecule has 6 heteroatoms. The van der Waals surface area contributed by atoms with Crippen molar-refractivity contribution in [3.63, 3.8) is 0 Å². The van der Waals surface area contributed by atoms with Crippen molar-refractivity contribution in [2.75, 3.05) is 0 Å². The maximum absolute atomic E-state index is 7.92. The zero-order chi connectivity index (χ0) is 16.2. The van der Waals surface area contributed by atoms with E-state index in [4.69, 9.17) is 14.9 Å². The molecule has 0 saturated heterocycles. The van der Waals surface area contributed by atoms with Gasteiger partial charge in [0, 0.05) is 0 Å². The number of hydrogen-bond acceptors (Lipinski definition) is 5. The zero-order valence-electron chi connectivity index (χ0n) is 12.9. The molecule has 0 saturated carbocycles. The molecule has 1 heterocycles. The van der Waals surface area contributed by atoms with E-state index in [9.17, 15) is 0 Å². The Bertz CT molecular complexity index is 807. The van der Waals surface area contributed by atoms with Crippen LogP contribution in [0, 0.1) is 19.3 Å². The van der Waals surface area contributed by atoms with E-state index in [0.29, 0.717) is 17.4 Å². The number of benzene rings is 2. The molecule has 0 radical (unpaired) electrons. The molecule has 1 N–H and O–H groups in total. The summed E-state index contributed by atoms with van der Waals surface area (Å²) in [5, 5.41) is 15.6. The third-order valence-electron chi connectivity index (χ3n) is 3.16. The van der Waals surface area contributed by atoms with Gasteiger partial charge in [-0.15, -0.1) is 0 Å². The van der Waals surface area contributed by atoms with E-state index in [0.717, 1.165) is 11.1 Å². The topological polar surface area (TPSA) is 73.0 Å². The predicted molar refractivity (Wildman–Crippen MR) is 86.2 cm³/mol. The smallest absolute Gasteiger partial charge is 0.317 e. The van der Waals surface area contributed by atoms with Crippen LogP contribution in [0.15, 0.2) is 54.7 Å². The van der Waals surface area contributed by atoms with E-state index in [1.165, 1.54) is 10.9 Å². The van der Waals surface area contributed by atoms with Gasteiger partial charge in [-0.25, -0.2) is 5.41 Å². The Morgan fingerprint density at radius 3 is 2.09 bits per heavy atom. The molecule has 116 valence electrons. The van der Waals surface area contributed by atoms with Crippen LogP contribution in [-0.4, -0.2) is 21.0 Å². The van der Waals surface area contributed by atoms with Crippen LogP contribution in [0.3, 0.4) is 0 Å². The average molecular weight is 308 g/mol. The van der Waals surface area contributed by atoms with Gasteiger partial charge < -0.3 is 9.47 Å². The summed E-state index contributed by atoms with van der Waals surface area (Å²) in [5.74, 6) is 1.52. The minimum atomic E-state index is -0.153.